The fourth-order valence-corrected chi connectivity index (χ4v) is 2.57. The van der Waals surface area contributed by atoms with E-state index >= 15 is 0 Å². The predicted octanol–water partition coefficient (Wildman–Crippen LogP) is 0.162. The number of halogens is 1. The van der Waals surface area contributed by atoms with Gasteiger partial charge in [-0.05, 0) is 18.2 Å². The van der Waals surface area contributed by atoms with Crippen LogP contribution in [0.2, 0.25) is 5.02 Å². The van der Waals surface area contributed by atoms with Crippen molar-refractivity contribution in [2.75, 3.05) is 26.9 Å². The highest BCUT2D eigenvalue weighted by atomic mass is 35.5. The molecule has 1 rings (SSSR count). The summed E-state index contributed by atoms with van der Waals surface area (Å²) in [6.07, 6.45) is 0. The maximum Gasteiger partial charge on any atom is 0.343 e. The van der Waals surface area contributed by atoms with Gasteiger partial charge in [-0.2, -0.15) is 0 Å². The van der Waals surface area contributed by atoms with Crippen LogP contribution in [0.5, 0.6) is 5.75 Å². The predicted molar refractivity (Wildman–Crippen MR) is 71.2 cm³/mol. The highest BCUT2D eigenvalue weighted by molar-refractivity contribution is 7.89. The van der Waals surface area contributed by atoms with Crippen molar-refractivity contribution in [3.8, 4) is 5.75 Å². The second kappa shape index (κ2) is 7.44. The van der Waals surface area contributed by atoms with Gasteiger partial charge in [0.1, 0.15) is 5.75 Å². The standard InChI is InChI=1S/C11H14ClNO6S/c1-18-11(15)7-19-10-3-2-8(6-9(10)12)20(16,17)13-4-5-14/h2-3,6,13-14H,4-5,7H2,1H3. The van der Waals surface area contributed by atoms with Crippen molar-refractivity contribution in [1.82, 2.24) is 4.72 Å². The Labute approximate surface area is 121 Å². The lowest BCUT2D eigenvalue weighted by Crippen LogP contribution is -2.26. The number of nitrogens with one attached hydrogen (secondary N) is 1. The summed E-state index contributed by atoms with van der Waals surface area (Å²) in [5.41, 5.74) is 0. The summed E-state index contributed by atoms with van der Waals surface area (Å²) in [6.45, 7) is -0.737. The van der Waals surface area contributed by atoms with Gasteiger partial charge < -0.3 is 14.6 Å². The van der Waals surface area contributed by atoms with Gasteiger partial charge in [-0.25, -0.2) is 17.9 Å². The van der Waals surface area contributed by atoms with Crippen molar-refractivity contribution in [1.29, 1.82) is 0 Å². The topological polar surface area (TPSA) is 102 Å². The van der Waals surface area contributed by atoms with E-state index in [0.717, 1.165) is 0 Å². The molecule has 0 aliphatic rings. The van der Waals surface area contributed by atoms with E-state index in [9.17, 15) is 13.2 Å². The van der Waals surface area contributed by atoms with Crippen LogP contribution in [0.3, 0.4) is 0 Å². The molecule has 1 aromatic carbocycles. The van der Waals surface area contributed by atoms with E-state index in [2.05, 4.69) is 9.46 Å². The Balaban J connectivity index is 2.85. The third-order valence-electron chi connectivity index (χ3n) is 2.19. The zero-order valence-electron chi connectivity index (χ0n) is 10.6. The number of rotatable bonds is 7. The van der Waals surface area contributed by atoms with Gasteiger partial charge in [0.2, 0.25) is 10.0 Å². The largest absolute Gasteiger partial charge is 0.480 e. The number of benzene rings is 1. The quantitative estimate of drug-likeness (QED) is 0.693. The van der Waals surface area contributed by atoms with Gasteiger partial charge in [0.05, 0.1) is 23.6 Å². The summed E-state index contributed by atoms with van der Waals surface area (Å²) in [5.74, 6) is -0.416. The third kappa shape index (κ3) is 4.64. The number of hydrogen-bond donors (Lipinski definition) is 2. The van der Waals surface area contributed by atoms with Gasteiger partial charge in [-0.1, -0.05) is 11.6 Å². The molecule has 20 heavy (non-hydrogen) atoms. The molecule has 0 aromatic heterocycles. The van der Waals surface area contributed by atoms with Gasteiger partial charge in [0.25, 0.3) is 0 Å². The van der Waals surface area contributed by atoms with Gasteiger partial charge in [0.15, 0.2) is 6.61 Å². The Morgan fingerprint density at radius 1 is 1.45 bits per heavy atom. The van der Waals surface area contributed by atoms with E-state index in [1.807, 2.05) is 0 Å². The minimum absolute atomic E-state index is 0.0424. The van der Waals surface area contributed by atoms with Crippen LogP contribution < -0.4 is 9.46 Å². The molecular formula is C11H14ClNO6S. The molecule has 0 fully saturated rings. The van der Waals surface area contributed by atoms with Crippen LogP contribution in [0.4, 0.5) is 0 Å². The summed E-state index contributed by atoms with van der Waals surface area (Å²) in [5, 5.41) is 8.65. The molecule has 0 spiro atoms. The summed E-state index contributed by atoms with van der Waals surface area (Å²) in [6, 6.07) is 3.80. The second-order valence-electron chi connectivity index (χ2n) is 3.58. The van der Waals surface area contributed by atoms with E-state index in [4.69, 9.17) is 21.4 Å². The number of aliphatic hydroxyl groups is 1. The molecule has 1 aromatic rings. The molecule has 0 atom stereocenters. The normalized spacial score (nSPS) is 11.2. The Morgan fingerprint density at radius 2 is 2.15 bits per heavy atom. The maximum atomic E-state index is 11.8. The highest BCUT2D eigenvalue weighted by Gasteiger charge is 2.16. The van der Waals surface area contributed by atoms with E-state index in [-0.39, 0.29) is 35.4 Å². The van der Waals surface area contributed by atoms with Gasteiger partial charge in [0, 0.05) is 6.54 Å². The SMILES string of the molecule is COC(=O)COc1ccc(S(=O)(=O)NCCO)cc1Cl. The summed E-state index contributed by atoms with van der Waals surface area (Å²) >= 11 is 5.88. The first-order chi connectivity index (χ1) is 9.40. The Hall–Kier alpha value is -1.35. The average molecular weight is 324 g/mol. The molecule has 0 unspecified atom stereocenters. The summed E-state index contributed by atoms with van der Waals surface area (Å²) < 4.78 is 35.2. The minimum atomic E-state index is -3.74. The lowest BCUT2D eigenvalue weighted by atomic mass is 10.3. The van der Waals surface area contributed by atoms with Gasteiger partial charge in [-0.15, -0.1) is 0 Å². The molecule has 0 heterocycles. The first kappa shape index (κ1) is 16.7. The molecule has 0 bridgehead atoms. The smallest absolute Gasteiger partial charge is 0.343 e. The van der Waals surface area contributed by atoms with E-state index in [1.54, 1.807) is 0 Å². The van der Waals surface area contributed by atoms with Crippen molar-refractivity contribution in [2.24, 2.45) is 0 Å². The van der Waals surface area contributed by atoms with E-state index in [0.29, 0.717) is 0 Å². The molecule has 0 radical (unpaired) electrons. The highest BCUT2D eigenvalue weighted by Crippen LogP contribution is 2.27. The lowest BCUT2D eigenvalue weighted by Gasteiger charge is -2.09. The summed E-state index contributed by atoms with van der Waals surface area (Å²) in [7, 11) is -2.52. The number of methoxy groups -OCH3 is 1. The first-order valence-corrected chi connectivity index (χ1v) is 7.36. The van der Waals surface area contributed by atoms with Crippen LogP contribution in [0.15, 0.2) is 23.1 Å². The minimum Gasteiger partial charge on any atom is -0.480 e. The number of carbonyl (C=O) groups excluding carboxylic acids is 1. The number of aliphatic hydroxyl groups excluding tert-OH is 1. The van der Waals surface area contributed by atoms with Crippen molar-refractivity contribution in [3.05, 3.63) is 23.2 Å². The number of carbonyl (C=O) groups is 1. The third-order valence-corrected chi connectivity index (χ3v) is 3.94. The van der Waals surface area contributed by atoms with Crippen LogP contribution in [0.1, 0.15) is 0 Å². The zero-order chi connectivity index (χ0) is 15.2. The fourth-order valence-electron chi connectivity index (χ4n) is 1.22. The van der Waals surface area contributed by atoms with E-state index < -0.39 is 16.0 Å². The van der Waals surface area contributed by atoms with Crippen LogP contribution in [-0.2, 0) is 19.6 Å². The number of esters is 1. The van der Waals surface area contributed by atoms with Crippen molar-refractivity contribution in [3.63, 3.8) is 0 Å². The van der Waals surface area contributed by atoms with Crippen LogP contribution in [0, 0.1) is 0 Å². The molecule has 0 aliphatic heterocycles. The van der Waals surface area contributed by atoms with Crippen molar-refractivity contribution >= 4 is 27.6 Å². The monoisotopic (exact) mass is 323 g/mol. The van der Waals surface area contributed by atoms with Crippen molar-refractivity contribution in [2.45, 2.75) is 4.90 Å². The summed E-state index contributed by atoms with van der Waals surface area (Å²) in [4.78, 5) is 10.9. The molecule has 0 saturated carbocycles. The molecule has 9 heteroatoms. The Morgan fingerprint density at radius 3 is 2.70 bits per heavy atom. The molecule has 2 N–H and O–H groups in total. The fraction of sp³-hybridized carbons (Fsp3) is 0.364. The van der Waals surface area contributed by atoms with E-state index in [1.165, 1.54) is 25.3 Å². The second-order valence-corrected chi connectivity index (χ2v) is 5.75. The molecule has 0 saturated heterocycles. The Kier molecular flexibility index (Phi) is 6.21. The number of hydrogen-bond acceptors (Lipinski definition) is 6. The molecule has 0 aliphatic carbocycles. The first-order valence-electron chi connectivity index (χ1n) is 5.50. The number of ether oxygens (including phenoxy) is 2. The lowest BCUT2D eigenvalue weighted by molar-refractivity contribution is -0.142. The Bertz CT molecular complexity index is 574. The van der Waals surface area contributed by atoms with Gasteiger partial charge in [-0.3, -0.25) is 0 Å². The van der Waals surface area contributed by atoms with Crippen LogP contribution in [-0.4, -0.2) is 46.4 Å². The molecule has 7 nitrogen and oxygen atoms in total. The zero-order valence-corrected chi connectivity index (χ0v) is 12.2. The maximum absolute atomic E-state index is 11.8. The average Bonchev–Trinajstić information content (AvgIpc) is 2.43. The molecule has 0 amide bonds. The molecular weight excluding hydrogens is 310 g/mol. The number of sulfonamides is 1. The molecule has 112 valence electrons. The van der Waals surface area contributed by atoms with Crippen LogP contribution >= 0.6 is 11.6 Å². The van der Waals surface area contributed by atoms with Crippen molar-refractivity contribution < 1.29 is 27.8 Å². The van der Waals surface area contributed by atoms with Gasteiger partial charge >= 0.3 is 5.97 Å². The van der Waals surface area contributed by atoms with Crippen LogP contribution in [0.25, 0.3) is 0 Å².